The van der Waals surface area contributed by atoms with Gasteiger partial charge in [-0.05, 0) is 43.4 Å². The molecule has 0 fully saturated rings. The molecule has 0 aliphatic heterocycles. The van der Waals surface area contributed by atoms with E-state index in [1.165, 1.54) is 11.3 Å². The Labute approximate surface area is 177 Å². The van der Waals surface area contributed by atoms with Gasteiger partial charge in [-0.1, -0.05) is 23.7 Å². The molecule has 0 unspecified atom stereocenters. The van der Waals surface area contributed by atoms with Crippen molar-refractivity contribution < 1.29 is 4.79 Å². The maximum absolute atomic E-state index is 10.9. The number of aldehydes is 1. The molecular formula is C21H18ClN5OS. The lowest BCUT2D eigenvalue weighted by Gasteiger charge is -2.08. The fourth-order valence-corrected chi connectivity index (χ4v) is 3.48. The molecule has 29 heavy (non-hydrogen) atoms. The highest BCUT2D eigenvalue weighted by molar-refractivity contribution is 7.12. The molecule has 6 nitrogen and oxygen atoms in total. The minimum atomic E-state index is 0.444. The van der Waals surface area contributed by atoms with Crippen LogP contribution in [0.3, 0.4) is 0 Å². The van der Waals surface area contributed by atoms with E-state index in [-0.39, 0.29) is 0 Å². The Bertz CT molecular complexity index is 1160. The first kappa shape index (κ1) is 20.6. The van der Waals surface area contributed by atoms with Crippen LogP contribution in [0.15, 0.2) is 60.1 Å². The van der Waals surface area contributed by atoms with Crippen LogP contribution in [0.5, 0.6) is 0 Å². The molecule has 2 heterocycles. The molecule has 0 spiro atoms. The number of thiophene rings is 1. The third-order valence-electron chi connectivity index (χ3n) is 3.94. The van der Waals surface area contributed by atoms with E-state index in [1.54, 1.807) is 7.05 Å². The van der Waals surface area contributed by atoms with Gasteiger partial charge in [0.25, 0.3) is 0 Å². The van der Waals surface area contributed by atoms with E-state index >= 15 is 0 Å². The number of carbonyl (C=O) groups excluding carboxylic acids is 1. The summed E-state index contributed by atoms with van der Waals surface area (Å²) in [6, 6.07) is 17.4. The van der Waals surface area contributed by atoms with Crippen molar-refractivity contribution in [2.45, 2.75) is 0 Å². The Morgan fingerprint density at radius 1 is 1.28 bits per heavy atom. The highest BCUT2D eigenvalue weighted by atomic mass is 35.5. The Hall–Kier alpha value is -3.18. The highest BCUT2D eigenvalue weighted by Crippen LogP contribution is 2.28. The van der Waals surface area contributed by atoms with Gasteiger partial charge < -0.3 is 10.6 Å². The molecular weight excluding hydrogens is 406 g/mol. The van der Waals surface area contributed by atoms with Gasteiger partial charge in [-0.25, -0.2) is 4.68 Å². The number of anilines is 2. The van der Waals surface area contributed by atoms with E-state index in [4.69, 9.17) is 16.9 Å². The van der Waals surface area contributed by atoms with E-state index in [0.717, 1.165) is 34.3 Å². The van der Waals surface area contributed by atoms with Crippen molar-refractivity contribution in [3.05, 3.63) is 70.0 Å². The average Bonchev–Trinajstić information content (AvgIpc) is 3.37. The molecule has 4 rings (SSSR count). The summed E-state index contributed by atoms with van der Waals surface area (Å²) in [5, 5.41) is 21.8. The zero-order chi connectivity index (χ0) is 20.6. The number of aromatic nitrogens is 2. The molecule has 0 aliphatic rings. The molecule has 2 aromatic carbocycles. The maximum Gasteiger partial charge on any atom is 0.160 e. The van der Waals surface area contributed by atoms with Crippen molar-refractivity contribution in [1.82, 2.24) is 15.1 Å². The van der Waals surface area contributed by atoms with Crippen LogP contribution in [0.2, 0.25) is 5.02 Å². The van der Waals surface area contributed by atoms with Gasteiger partial charge in [-0.2, -0.15) is 10.4 Å². The smallest absolute Gasteiger partial charge is 0.160 e. The molecule has 0 amide bonds. The number of nitrogens with zero attached hydrogens (tertiary/aromatic N) is 3. The Balaban J connectivity index is 0.000000431. The number of nitrogens with one attached hydrogen (secondary N) is 2. The van der Waals surface area contributed by atoms with Crippen molar-refractivity contribution >= 4 is 51.5 Å². The molecule has 0 atom stereocenters. The van der Waals surface area contributed by atoms with Crippen LogP contribution in [-0.4, -0.2) is 29.7 Å². The number of fused-ring (bicyclic) bond motifs is 1. The fourth-order valence-electron chi connectivity index (χ4n) is 2.63. The molecule has 0 bridgehead atoms. The summed E-state index contributed by atoms with van der Waals surface area (Å²) in [7, 11) is 1.74. The van der Waals surface area contributed by atoms with Gasteiger partial charge in [0.15, 0.2) is 6.29 Å². The average molecular weight is 424 g/mol. The van der Waals surface area contributed by atoms with Crippen LogP contribution in [0.1, 0.15) is 9.67 Å². The number of benzene rings is 2. The zero-order valence-corrected chi connectivity index (χ0v) is 17.2. The molecule has 2 aromatic heterocycles. The molecule has 0 aliphatic carbocycles. The second kappa shape index (κ2) is 9.85. The number of halogens is 1. The molecule has 146 valence electrons. The molecule has 0 radical (unpaired) electrons. The Morgan fingerprint density at radius 3 is 2.76 bits per heavy atom. The quantitative estimate of drug-likeness (QED) is 0.347. The summed E-state index contributed by atoms with van der Waals surface area (Å²) in [5.41, 5.74) is 3.67. The molecule has 0 saturated carbocycles. The highest BCUT2D eigenvalue weighted by Gasteiger charge is 2.08. The standard InChI is InChI=1S/C18H12ClN3OS.C3H6N2/c19-16-3-1-2-4-17(16)21-13-5-6-18-12(7-13)9-20-22(18)14-8-15(10-23)24-11-14;1-5-3-2-4/h1-11,21H;5H,3H2,1H3. The maximum atomic E-state index is 10.9. The van der Waals surface area contributed by atoms with Gasteiger partial charge in [0.05, 0.1) is 45.6 Å². The second-order valence-corrected chi connectivity index (χ2v) is 7.30. The van der Waals surface area contributed by atoms with Crippen LogP contribution in [0.25, 0.3) is 16.6 Å². The molecule has 0 saturated heterocycles. The van der Waals surface area contributed by atoms with Crippen molar-refractivity contribution in [2.75, 3.05) is 18.9 Å². The van der Waals surface area contributed by atoms with Gasteiger partial charge in [-0.3, -0.25) is 4.79 Å². The Morgan fingerprint density at radius 2 is 2.10 bits per heavy atom. The Kier molecular flexibility index (Phi) is 6.98. The summed E-state index contributed by atoms with van der Waals surface area (Å²) >= 11 is 7.59. The predicted octanol–water partition coefficient (Wildman–Crippen LogP) is 5.03. The number of rotatable bonds is 5. The third-order valence-corrected chi connectivity index (χ3v) is 5.12. The van der Waals surface area contributed by atoms with Crippen LogP contribution in [0, 0.1) is 11.3 Å². The van der Waals surface area contributed by atoms with Crippen molar-refractivity contribution in [3.8, 4) is 11.8 Å². The minimum absolute atomic E-state index is 0.444. The largest absolute Gasteiger partial charge is 0.354 e. The van der Waals surface area contributed by atoms with Crippen LogP contribution in [-0.2, 0) is 0 Å². The van der Waals surface area contributed by atoms with Gasteiger partial charge >= 0.3 is 0 Å². The van der Waals surface area contributed by atoms with E-state index in [0.29, 0.717) is 16.4 Å². The number of hydrogen-bond acceptors (Lipinski definition) is 6. The second-order valence-electron chi connectivity index (χ2n) is 5.95. The first-order valence-electron chi connectivity index (χ1n) is 8.71. The van der Waals surface area contributed by atoms with E-state index < -0.39 is 0 Å². The molecule has 4 aromatic rings. The van der Waals surface area contributed by atoms with Crippen molar-refractivity contribution in [2.24, 2.45) is 0 Å². The lowest BCUT2D eigenvalue weighted by molar-refractivity contribution is 0.112. The van der Waals surface area contributed by atoms with Gasteiger partial charge in [-0.15, -0.1) is 11.3 Å². The van der Waals surface area contributed by atoms with E-state index in [2.05, 4.69) is 15.7 Å². The number of carbonyl (C=O) groups is 1. The van der Waals surface area contributed by atoms with Gasteiger partial charge in [0.2, 0.25) is 0 Å². The third kappa shape index (κ3) is 5.00. The molecule has 8 heteroatoms. The van der Waals surface area contributed by atoms with E-state index in [1.807, 2.05) is 70.9 Å². The summed E-state index contributed by atoms with van der Waals surface area (Å²) in [5.74, 6) is 0. The lowest BCUT2D eigenvalue weighted by atomic mass is 10.2. The van der Waals surface area contributed by atoms with Crippen LogP contribution in [0.4, 0.5) is 11.4 Å². The summed E-state index contributed by atoms with van der Waals surface area (Å²) < 4.78 is 1.83. The van der Waals surface area contributed by atoms with Gasteiger partial charge in [0, 0.05) is 16.5 Å². The first-order valence-corrected chi connectivity index (χ1v) is 9.97. The van der Waals surface area contributed by atoms with E-state index in [9.17, 15) is 4.79 Å². The summed E-state index contributed by atoms with van der Waals surface area (Å²) in [6.07, 6.45) is 2.66. The normalized spacial score (nSPS) is 10.1. The number of nitriles is 1. The predicted molar refractivity (Wildman–Crippen MR) is 119 cm³/mol. The summed E-state index contributed by atoms with van der Waals surface area (Å²) in [4.78, 5) is 11.5. The lowest BCUT2D eigenvalue weighted by Crippen LogP contribution is -2.03. The monoisotopic (exact) mass is 423 g/mol. The minimum Gasteiger partial charge on any atom is -0.354 e. The zero-order valence-electron chi connectivity index (χ0n) is 15.6. The summed E-state index contributed by atoms with van der Waals surface area (Å²) in [6.45, 7) is 0.444. The SMILES string of the molecule is CNCC#N.O=Cc1cc(-n2ncc3cc(Nc4ccccc4Cl)ccc32)cs1. The van der Waals surface area contributed by atoms with Crippen LogP contribution >= 0.6 is 22.9 Å². The topological polar surface area (TPSA) is 82.7 Å². The van der Waals surface area contributed by atoms with Gasteiger partial charge in [0.1, 0.15) is 0 Å². The molecule has 2 N–H and O–H groups in total. The van der Waals surface area contributed by atoms with Crippen molar-refractivity contribution in [1.29, 1.82) is 5.26 Å². The fraction of sp³-hybridized carbons (Fsp3) is 0.0952. The van der Waals surface area contributed by atoms with Crippen LogP contribution < -0.4 is 10.6 Å². The number of para-hydroxylation sites is 1. The van der Waals surface area contributed by atoms with Crippen molar-refractivity contribution in [3.63, 3.8) is 0 Å². The number of hydrogen-bond donors (Lipinski definition) is 2. The first-order chi connectivity index (χ1) is 14.2.